The molecule has 1 aliphatic rings. The summed E-state index contributed by atoms with van der Waals surface area (Å²) in [5.74, 6) is 0.653. The van der Waals surface area contributed by atoms with Crippen molar-refractivity contribution in [1.29, 1.82) is 0 Å². The van der Waals surface area contributed by atoms with Crippen LogP contribution < -0.4 is 16.6 Å². The molecule has 0 atom stereocenters. The average Bonchev–Trinajstić information content (AvgIpc) is 2.47. The van der Waals surface area contributed by atoms with Crippen molar-refractivity contribution >= 4 is 17.9 Å². The molecule has 1 aliphatic heterocycles. The largest absolute Gasteiger partial charge is 0.350 e. The molecule has 1 heterocycles. The molecule has 16 heavy (non-hydrogen) atoms. The van der Waals surface area contributed by atoms with E-state index in [1.54, 1.807) is 6.20 Å². The Balaban J connectivity index is 2.13. The van der Waals surface area contributed by atoms with Gasteiger partial charge in [-0.05, 0) is 17.2 Å². The summed E-state index contributed by atoms with van der Waals surface area (Å²) in [4.78, 5) is 14.7. The molecular formula is C11H12N4O. The molecule has 0 saturated carbocycles. The third kappa shape index (κ3) is 2.38. The highest BCUT2D eigenvalue weighted by Gasteiger charge is 2.07. The highest BCUT2D eigenvalue weighted by Crippen LogP contribution is 2.14. The minimum absolute atomic E-state index is 0.628. The number of nitrogens with zero attached hydrogens (tertiary/aromatic N) is 1. The van der Waals surface area contributed by atoms with Crippen LogP contribution in [0.25, 0.3) is 6.08 Å². The van der Waals surface area contributed by atoms with Gasteiger partial charge in [0.25, 0.3) is 0 Å². The molecule has 0 spiro atoms. The number of nitrogens with one attached hydrogen (secondary N) is 2. The summed E-state index contributed by atoms with van der Waals surface area (Å²) in [5, 5.41) is 0. The van der Waals surface area contributed by atoms with Gasteiger partial charge >= 0.3 is 6.03 Å². The van der Waals surface area contributed by atoms with Crippen LogP contribution in [-0.4, -0.2) is 11.9 Å². The second kappa shape index (κ2) is 4.48. The van der Waals surface area contributed by atoms with Crippen LogP contribution in [0.15, 0.2) is 35.5 Å². The Kier molecular flexibility index (Phi) is 2.86. The van der Waals surface area contributed by atoms with E-state index in [4.69, 9.17) is 5.73 Å². The van der Waals surface area contributed by atoms with Crippen molar-refractivity contribution in [3.05, 3.63) is 41.6 Å². The normalized spacial score (nSPS) is 13.4. The maximum Gasteiger partial charge on any atom is 0.330 e. The fourth-order valence-corrected chi connectivity index (χ4v) is 1.50. The molecule has 0 aliphatic carbocycles. The van der Waals surface area contributed by atoms with E-state index in [-0.39, 0.29) is 0 Å². The molecule has 0 aromatic heterocycles. The lowest BCUT2D eigenvalue weighted by atomic mass is 10.0. The molecule has 0 radical (unpaired) electrons. The lowest BCUT2D eigenvalue weighted by Gasteiger charge is -2.09. The number of benzene rings is 1. The van der Waals surface area contributed by atoms with Gasteiger partial charge in [-0.25, -0.2) is 9.79 Å². The zero-order chi connectivity index (χ0) is 11.4. The van der Waals surface area contributed by atoms with E-state index in [9.17, 15) is 4.79 Å². The number of fused-ring (bicyclic) bond motifs is 1. The van der Waals surface area contributed by atoms with E-state index in [1.807, 2.05) is 30.3 Å². The quantitative estimate of drug-likeness (QED) is 0.560. The van der Waals surface area contributed by atoms with Crippen molar-refractivity contribution in [1.82, 2.24) is 10.9 Å². The number of carbonyl (C=O) groups is 1. The summed E-state index contributed by atoms with van der Waals surface area (Å²) < 4.78 is 0. The van der Waals surface area contributed by atoms with Gasteiger partial charge in [-0.15, -0.1) is 0 Å². The lowest BCUT2D eigenvalue weighted by Crippen LogP contribution is -2.45. The topological polar surface area (TPSA) is 79.5 Å². The number of amides is 2. The molecule has 5 nitrogen and oxygen atoms in total. The van der Waals surface area contributed by atoms with Crippen molar-refractivity contribution in [3.8, 4) is 0 Å². The van der Waals surface area contributed by atoms with Crippen molar-refractivity contribution in [2.45, 2.75) is 6.42 Å². The van der Waals surface area contributed by atoms with Gasteiger partial charge in [0.15, 0.2) is 0 Å². The number of hydrogen-bond donors (Lipinski definition) is 3. The van der Waals surface area contributed by atoms with Crippen molar-refractivity contribution in [2.24, 2.45) is 10.7 Å². The maximum absolute atomic E-state index is 10.5. The summed E-state index contributed by atoms with van der Waals surface area (Å²) in [5.41, 5.74) is 12.2. The van der Waals surface area contributed by atoms with Gasteiger partial charge in [0.2, 0.25) is 0 Å². The molecule has 2 rings (SSSR count). The Bertz CT molecular complexity index is 465. The van der Waals surface area contributed by atoms with Gasteiger partial charge < -0.3 is 5.73 Å². The third-order valence-corrected chi connectivity index (χ3v) is 2.23. The van der Waals surface area contributed by atoms with Crippen LogP contribution in [0, 0.1) is 0 Å². The first-order valence-corrected chi connectivity index (χ1v) is 4.88. The van der Waals surface area contributed by atoms with E-state index in [1.165, 1.54) is 0 Å². The summed E-state index contributed by atoms with van der Waals surface area (Å²) in [6.45, 7) is 0. The predicted molar refractivity (Wildman–Crippen MR) is 62.5 cm³/mol. The number of aliphatic imine (C=N–C) groups is 1. The van der Waals surface area contributed by atoms with E-state index in [0.29, 0.717) is 12.3 Å². The molecule has 2 amide bonds. The average molecular weight is 216 g/mol. The van der Waals surface area contributed by atoms with Crippen LogP contribution in [0.3, 0.4) is 0 Å². The Labute approximate surface area is 93.0 Å². The van der Waals surface area contributed by atoms with Gasteiger partial charge in [-0.3, -0.25) is 10.9 Å². The van der Waals surface area contributed by atoms with Crippen LogP contribution in [-0.2, 0) is 6.42 Å². The number of carbonyl (C=O) groups excluding carboxylic acids is 1. The SMILES string of the molecule is NC(=O)NNC1=NC=Cc2ccccc2C1. The second-order valence-electron chi connectivity index (χ2n) is 3.38. The lowest BCUT2D eigenvalue weighted by molar-refractivity contribution is 0.247. The van der Waals surface area contributed by atoms with Crippen LogP contribution in [0.5, 0.6) is 0 Å². The van der Waals surface area contributed by atoms with Crippen molar-refractivity contribution in [2.75, 3.05) is 0 Å². The number of primary amides is 1. The van der Waals surface area contributed by atoms with Crippen LogP contribution >= 0.6 is 0 Å². The van der Waals surface area contributed by atoms with E-state index in [0.717, 1.165) is 11.1 Å². The standard InChI is InChI=1S/C11H12N4O/c12-11(16)15-14-10-7-9-4-2-1-3-8(9)5-6-13-10/h1-6H,7H2,(H,13,14)(H3,12,15,16). The van der Waals surface area contributed by atoms with E-state index in [2.05, 4.69) is 15.8 Å². The van der Waals surface area contributed by atoms with Crippen LogP contribution in [0.4, 0.5) is 4.79 Å². The Hall–Kier alpha value is -2.30. The van der Waals surface area contributed by atoms with Crippen LogP contribution in [0.1, 0.15) is 11.1 Å². The smallest absolute Gasteiger partial charge is 0.330 e. The fraction of sp³-hybridized carbons (Fsp3) is 0.0909. The summed E-state index contributed by atoms with van der Waals surface area (Å²) >= 11 is 0. The number of hydrazine groups is 1. The molecule has 0 bridgehead atoms. The number of nitrogens with two attached hydrogens (primary N) is 1. The van der Waals surface area contributed by atoms with Gasteiger partial charge in [0, 0.05) is 12.6 Å². The maximum atomic E-state index is 10.5. The zero-order valence-corrected chi connectivity index (χ0v) is 8.60. The molecule has 0 saturated heterocycles. The van der Waals surface area contributed by atoms with Crippen molar-refractivity contribution in [3.63, 3.8) is 0 Å². The van der Waals surface area contributed by atoms with E-state index < -0.39 is 6.03 Å². The van der Waals surface area contributed by atoms with Crippen molar-refractivity contribution < 1.29 is 4.79 Å². The molecule has 0 unspecified atom stereocenters. The summed E-state index contributed by atoms with van der Waals surface area (Å²) in [6, 6.07) is 7.35. The molecule has 1 aromatic carbocycles. The zero-order valence-electron chi connectivity index (χ0n) is 8.60. The Morgan fingerprint density at radius 1 is 1.38 bits per heavy atom. The van der Waals surface area contributed by atoms with Gasteiger partial charge in [-0.1, -0.05) is 24.3 Å². The highest BCUT2D eigenvalue weighted by atomic mass is 16.2. The number of hydrogen-bond acceptors (Lipinski definition) is 3. The minimum Gasteiger partial charge on any atom is -0.350 e. The third-order valence-electron chi connectivity index (χ3n) is 2.23. The number of urea groups is 1. The van der Waals surface area contributed by atoms with E-state index >= 15 is 0 Å². The monoisotopic (exact) mass is 216 g/mol. The Morgan fingerprint density at radius 3 is 3.00 bits per heavy atom. The molecule has 82 valence electrons. The fourth-order valence-electron chi connectivity index (χ4n) is 1.50. The van der Waals surface area contributed by atoms with Crippen LogP contribution in [0.2, 0.25) is 0 Å². The molecule has 0 fully saturated rings. The first-order valence-electron chi connectivity index (χ1n) is 4.88. The van der Waals surface area contributed by atoms with Gasteiger partial charge in [-0.2, -0.15) is 0 Å². The molecule has 4 N–H and O–H groups in total. The number of amidine groups is 1. The second-order valence-corrected chi connectivity index (χ2v) is 3.38. The molecule has 5 heteroatoms. The summed E-state index contributed by atoms with van der Waals surface area (Å²) in [7, 11) is 0. The number of rotatable bonds is 0. The minimum atomic E-state index is -0.635. The van der Waals surface area contributed by atoms with Gasteiger partial charge in [0.1, 0.15) is 5.84 Å². The molecular weight excluding hydrogens is 204 g/mol. The molecule has 1 aromatic rings. The van der Waals surface area contributed by atoms with Gasteiger partial charge in [0.05, 0.1) is 0 Å². The Morgan fingerprint density at radius 2 is 2.19 bits per heavy atom. The highest BCUT2D eigenvalue weighted by molar-refractivity contribution is 5.88. The predicted octanol–water partition coefficient (Wildman–Crippen LogP) is 0.785. The summed E-state index contributed by atoms with van der Waals surface area (Å²) in [6.07, 6.45) is 4.24. The first kappa shape index (κ1) is 10.2. The first-order chi connectivity index (χ1) is 7.75.